The first-order valence-corrected chi connectivity index (χ1v) is 12.9. The SMILES string of the molecule is CCN1CCCC1COc1ccc2cc(-c3n[nH]c4ccc(C(=O)N5CCCC5)cc34)ccc2c1. The van der Waals surface area contributed by atoms with Crippen LogP contribution in [-0.4, -0.2) is 64.7 Å². The van der Waals surface area contributed by atoms with Crippen molar-refractivity contribution in [2.45, 2.75) is 38.6 Å². The molecule has 1 atom stereocenters. The summed E-state index contributed by atoms with van der Waals surface area (Å²) in [5.74, 6) is 1.03. The molecule has 6 rings (SSSR count). The van der Waals surface area contributed by atoms with Crippen LogP contribution in [0.15, 0.2) is 54.6 Å². The van der Waals surface area contributed by atoms with Crippen LogP contribution < -0.4 is 4.74 Å². The Bertz CT molecular complexity index is 1370. The van der Waals surface area contributed by atoms with Crippen LogP contribution in [0.4, 0.5) is 0 Å². The van der Waals surface area contributed by atoms with Crippen molar-refractivity contribution in [3.8, 4) is 17.0 Å². The van der Waals surface area contributed by atoms with E-state index in [1.54, 1.807) is 0 Å². The second kappa shape index (κ2) is 9.34. The van der Waals surface area contributed by atoms with E-state index in [4.69, 9.17) is 4.74 Å². The van der Waals surface area contributed by atoms with E-state index in [0.717, 1.165) is 83.3 Å². The maximum atomic E-state index is 12.9. The monoisotopic (exact) mass is 468 g/mol. The predicted octanol–water partition coefficient (Wildman–Crippen LogP) is 5.48. The number of carbonyl (C=O) groups excluding carboxylic acids is 1. The van der Waals surface area contributed by atoms with Gasteiger partial charge in [0.05, 0.1) is 11.2 Å². The normalized spacial score (nSPS) is 18.7. The highest BCUT2D eigenvalue weighted by atomic mass is 16.5. The van der Waals surface area contributed by atoms with E-state index in [2.05, 4.69) is 58.4 Å². The van der Waals surface area contributed by atoms with E-state index >= 15 is 0 Å². The van der Waals surface area contributed by atoms with E-state index in [-0.39, 0.29) is 5.91 Å². The number of hydrogen-bond acceptors (Lipinski definition) is 4. The molecule has 2 fully saturated rings. The molecule has 6 heteroatoms. The summed E-state index contributed by atoms with van der Waals surface area (Å²) in [6.07, 6.45) is 4.66. The second-order valence-corrected chi connectivity index (χ2v) is 9.79. The van der Waals surface area contributed by atoms with Gasteiger partial charge in [0, 0.05) is 35.6 Å². The summed E-state index contributed by atoms with van der Waals surface area (Å²) in [5.41, 5.74) is 3.58. The molecular formula is C29H32N4O2. The molecule has 2 aliphatic rings. The molecule has 1 amide bonds. The average Bonchev–Trinajstić information content (AvgIpc) is 3.67. The van der Waals surface area contributed by atoms with Crippen LogP contribution in [0.5, 0.6) is 5.75 Å². The molecule has 2 aliphatic heterocycles. The Kier molecular flexibility index (Phi) is 5.90. The molecule has 4 aromatic rings. The number of aromatic nitrogens is 2. The molecule has 180 valence electrons. The minimum Gasteiger partial charge on any atom is -0.492 e. The number of rotatable bonds is 6. The first-order chi connectivity index (χ1) is 17.2. The number of carbonyl (C=O) groups is 1. The van der Waals surface area contributed by atoms with Crippen molar-refractivity contribution in [3.05, 3.63) is 60.2 Å². The Hall–Kier alpha value is -3.38. The highest BCUT2D eigenvalue weighted by Gasteiger charge is 2.23. The Morgan fingerprint density at radius 1 is 1.00 bits per heavy atom. The van der Waals surface area contributed by atoms with Gasteiger partial charge in [-0.3, -0.25) is 14.8 Å². The molecule has 0 aliphatic carbocycles. The smallest absolute Gasteiger partial charge is 0.253 e. The number of nitrogens with zero attached hydrogens (tertiary/aromatic N) is 3. The van der Waals surface area contributed by atoms with Gasteiger partial charge in [-0.2, -0.15) is 5.10 Å². The molecule has 1 unspecified atom stereocenters. The van der Waals surface area contributed by atoms with Gasteiger partial charge < -0.3 is 9.64 Å². The molecule has 1 aromatic heterocycles. The van der Waals surface area contributed by atoms with Gasteiger partial charge in [-0.05, 0) is 85.9 Å². The van der Waals surface area contributed by atoms with Crippen LogP contribution in [0.25, 0.3) is 32.9 Å². The third-order valence-corrected chi connectivity index (χ3v) is 7.64. The lowest BCUT2D eigenvalue weighted by molar-refractivity contribution is 0.0793. The number of amides is 1. The summed E-state index contributed by atoms with van der Waals surface area (Å²) < 4.78 is 6.17. The fourth-order valence-electron chi connectivity index (χ4n) is 5.62. The lowest BCUT2D eigenvalue weighted by atomic mass is 10.0. The third kappa shape index (κ3) is 4.27. The summed E-state index contributed by atoms with van der Waals surface area (Å²) in [7, 11) is 0. The van der Waals surface area contributed by atoms with Crippen molar-refractivity contribution < 1.29 is 9.53 Å². The number of likely N-dealkylation sites (N-methyl/N-ethyl adjacent to an activating group) is 1. The number of H-pyrrole nitrogens is 1. The molecule has 2 saturated heterocycles. The van der Waals surface area contributed by atoms with Gasteiger partial charge in [-0.1, -0.05) is 25.1 Å². The van der Waals surface area contributed by atoms with Crippen LogP contribution in [0.1, 0.15) is 43.0 Å². The van der Waals surface area contributed by atoms with Gasteiger partial charge in [0.15, 0.2) is 0 Å². The molecule has 3 heterocycles. The number of benzene rings is 3. The summed E-state index contributed by atoms with van der Waals surface area (Å²) in [6.45, 7) is 6.94. The third-order valence-electron chi connectivity index (χ3n) is 7.64. The van der Waals surface area contributed by atoms with Crippen LogP contribution >= 0.6 is 0 Å². The van der Waals surface area contributed by atoms with E-state index < -0.39 is 0 Å². The zero-order valence-electron chi connectivity index (χ0n) is 20.3. The predicted molar refractivity (Wildman–Crippen MR) is 140 cm³/mol. The molecule has 1 N–H and O–H groups in total. The van der Waals surface area contributed by atoms with Crippen LogP contribution in [0, 0.1) is 0 Å². The first-order valence-electron chi connectivity index (χ1n) is 12.9. The van der Waals surface area contributed by atoms with Crippen molar-refractivity contribution in [2.75, 3.05) is 32.8 Å². The summed E-state index contributed by atoms with van der Waals surface area (Å²) in [5, 5.41) is 11.0. The first kappa shape index (κ1) is 22.1. The Morgan fingerprint density at radius 3 is 2.69 bits per heavy atom. The van der Waals surface area contributed by atoms with Gasteiger partial charge in [0.2, 0.25) is 0 Å². The Balaban J connectivity index is 1.25. The van der Waals surface area contributed by atoms with Crippen molar-refractivity contribution in [2.24, 2.45) is 0 Å². The fraction of sp³-hybridized carbons (Fsp3) is 0.379. The lowest BCUT2D eigenvalue weighted by Crippen LogP contribution is -2.33. The molecule has 6 nitrogen and oxygen atoms in total. The van der Waals surface area contributed by atoms with E-state index in [9.17, 15) is 4.79 Å². The molecule has 0 saturated carbocycles. The second-order valence-electron chi connectivity index (χ2n) is 9.79. The zero-order chi connectivity index (χ0) is 23.8. The molecule has 35 heavy (non-hydrogen) atoms. The number of likely N-dealkylation sites (tertiary alicyclic amines) is 2. The minimum absolute atomic E-state index is 0.113. The summed E-state index contributed by atoms with van der Waals surface area (Å²) in [6, 6.07) is 19.1. The van der Waals surface area contributed by atoms with Crippen LogP contribution in [0.2, 0.25) is 0 Å². The number of nitrogens with one attached hydrogen (secondary N) is 1. The highest BCUT2D eigenvalue weighted by Crippen LogP contribution is 2.31. The average molecular weight is 469 g/mol. The summed E-state index contributed by atoms with van der Waals surface area (Å²) in [4.78, 5) is 17.4. The van der Waals surface area contributed by atoms with E-state index in [1.807, 2.05) is 23.1 Å². The quantitative estimate of drug-likeness (QED) is 0.407. The zero-order valence-corrected chi connectivity index (χ0v) is 20.3. The molecule has 0 bridgehead atoms. The Morgan fingerprint density at radius 2 is 1.83 bits per heavy atom. The maximum absolute atomic E-state index is 12.9. The standard InChI is InChI=1S/C29H32N4O2/c1-2-32-15-5-6-24(32)19-35-25-11-9-20-16-22(8-7-21(20)17-25)28-26-18-23(10-12-27(26)30-31-28)29(34)33-13-3-4-14-33/h7-12,16-18,24H,2-6,13-15,19H2,1H3,(H,30,31). The van der Waals surface area contributed by atoms with E-state index in [0.29, 0.717) is 6.04 Å². The Labute approximate surface area is 205 Å². The van der Waals surface area contributed by atoms with Crippen molar-refractivity contribution in [3.63, 3.8) is 0 Å². The van der Waals surface area contributed by atoms with Crippen molar-refractivity contribution >= 4 is 27.6 Å². The van der Waals surface area contributed by atoms with Crippen LogP contribution in [-0.2, 0) is 0 Å². The molecule has 3 aromatic carbocycles. The topological polar surface area (TPSA) is 61.5 Å². The highest BCUT2D eigenvalue weighted by molar-refractivity contribution is 6.02. The summed E-state index contributed by atoms with van der Waals surface area (Å²) >= 11 is 0. The van der Waals surface area contributed by atoms with Crippen LogP contribution in [0.3, 0.4) is 0 Å². The molecular weight excluding hydrogens is 436 g/mol. The van der Waals surface area contributed by atoms with Gasteiger partial charge in [0.25, 0.3) is 5.91 Å². The van der Waals surface area contributed by atoms with Gasteiger partial charge in [-0.25, -0.2) is 0 Å². The van der Waals surface area contributed by atoms with Crippen molar-refractivity contribution in [1.29, 1.82) is 0 Å². The molecule has 0 spiro atoms. The lowest BCUT2D eigenvalue weighted by Gasteiger charge is -2.22. The number of fused-ring (bicyclic) bond motifs is 2. The van der Waals surface area contributed by atoms with Crippen molar-refractivity contribution in [1.82, 2.24) is 20.0 Å². The van der Waals surface area contributed by atoms with Gasteiger partial charge >= 0.3 is 0 Å². The minimum atomic E-state index is 0.113. The number of ether oxygens (including phenoxy) is 1. The largest absolute Gasteiger partial charge is 0.492 e. The van der Waals surface area contributed by atoms with Gasteiger partial charge in [-0.15, -0.1) is 0 Å². The fourth-order valence-corrected chi connectivity index (χ4v) is 5.62. The maximum Gasteiger partial charge on any atom is 0.253 e. The number of hydrogen-bond donors (Lipinski definition) is 1. The number of aromatic amines is 1. The van der Waals surface area contributed by atoms with Gasteiger partial charge in [0.1, 0.15) is 12.4 Å². The molecule has 0 radical (unpaired) electrons. The van der Waals surface area contributed by atoms with E-state index in [1.165, 1.54) is 19.4 Å².